The van der Waals surface area contributed by atoms with Gasteiger partial charge in [0.1, 0.15) is 0 Å². The molecule has 0 aliphatic heterocycles. The molecule has 4 rings (SSSR count). The van der Waals surface area contributed by atoms with E-state index in [1.165, 1.54) is 28.3 Å². The lowest BCUT2D eigenvalue weighted by atomic mass is 9.71. The van der Waals surface area contributed by atoms with Gasteiger partial charge in [-0.2, -0.15) is 0 Å². The van der Waals surface area contributed by atoms with Crippen molar-refractivity contribution in [2.45, 2.75) is 49.6 Å². The Labute approximate surface area is 129 Å². The minimum atomic E-state index is 0.486. The van der Waals surface area contributed by atoms with Gasteiger partial charge in [0.15, 0.2) is 4.34 Å². The Balaban J connectivity index is 1.64. The molecule has 3 atom stereocenters. The largest absolute Gasteiger partial charge is 0.230 e. The maximum atomic E-state index is 4.82. The van der Waals surface area contributed by atoms with Gasteiger partial charge in [0.25, 0.3) is 0 Å². The molecule has 0 N–H and O–H groups in total. The number of hydrogen-bond acceptors (Lipinski definition) is 3. The minimum Gasteiger partial charge on any atom is -0.230 e. The van der Waals surface area contributed by atoms with Crippen LogP contribution in [0.15, 0.2) is 28.6 Å². The van der Waals surface area contributed by atoms with Gasteiger partial charge < -0.3 is 0 Å². The van der Waals surface area contributed by atoms with E-state index < -0.39 is 0 Å². The molecule has 0 spiro atoms. The second-order valence-electron chi connectivity index (χ2n) is 7.16. The molecule has 1 aromatic carbocycles. The van der Waals surface area contributed by atoms with Gasteiger partial charge in [-0.25, -0.2) is 4.98 Å². The molecule has 2 saturated carbocycles. The summed E-state index contributed by atoms with van der Waals surface area (Å²) in [7, 11) is 0. The second-order valence-corrected chi connectivity index (χ2v) is 9.64. The van der Waals surface area contributed by atoms with Crippen LogP contribution in [0.2, 0.25) is 0 Å². The zero-order chi connectivity index (χ0) is 14.0. The van der Waals surface area contributed by atoms with Crippen molar-refractivity contribution in [3.05, 3.63) is 24.3 Å². The molecule has 2 bridgehead atoms. The highest BCUT2D eigenvalue weighted by molar-refractivity contribution is 8.01. The van der Waals surface area contributed by atoms with Crippen LogP contribution in [0.5, 0.6) is 0 Å². The predicted molar refractivity (Wildman–Crippen MR) is 88.5 cm³/mol. The van der Waals surface area contributed by atoms with E-state index in [4.69, 9.17) is 4.98 Å². The first-order valence-electron chi connectivity index (χ1n) is 7.53. The van der Waals surface area contributed by atoms with E-state index in [0.717, 1.165) is 16.7 Å². The Kier molecular flexibility index (Phi) is 2.78. The molecule has 2 aliphatic carbocycles. The summed E-state index contributed by atoms with van der Waals surface area (Å²) in [6.07, 6.45) is 4.21. The molecular weight excluding hydrogens is 282 g/mol. The van der Waals surface area contributed by atoms with Crippen LogP contribution >= 0.6 is 23.1 Å². The average molecular weight is 303 g/mol. The van der Waals surface area contributed by atoms with Gasteiger partial charge in [0.2, 0.25) is 0 Å². The molecule has 1 aromatic heterocycles. The fourth-order valence-corrected chi connectivity index (χ4v) is 7.24. The summed E-state index contributed by atoms with van der Waals surface area (Å²) in [6.45, 7) is 7.50. The fraction of sp³-hybridized carbons (Fsp3) is 0.588. The lowest BCUT2D eigenvalue weighted by molar-refractivity contribution is 0.156. The molecule has 2 fully saturated rings. The van der Waals surface area contributed by atoms with E-state index in [0.29, 0.717) is 10.8 Å². The van der Waals surface area contributed by atoms with Crippen molar-refractivity contribution in [2.24, 2.45) is 16.7 Å². The summed E-state index contributed by atoms with van der Waals surface area (Å²) in [5, 5.41) is 0.747. The van der Waals surface area contributed by atoms with Crippen LogP contribution in [-0.4, -0.2) is 10.2 Å². The molecule has 2 aromatic rings. The van der Waals surface area contributed by atoms with Crippen molar-refractivity contribution in [1.29, 1.82) is 0 Å². The zero-order valence-corrected chi connectivity index (χ0v) is 14.0. The third-order valence-corrected chi connectivity index (χ3v) is 8.89. The van der Waals surface area contributed by atoms with Gasteiger partial charge in [-0.15, -0.1) is 11.3 Å². The lowest BCUT2D eigenvalue weighted by Gasteiger charge is -2.38. The number of hydrogen-bond donors (Lipinski definition) is 0. The normalized spacial score (nSPS) is 35.0. The number of nitrogens with zero attached hydrogens (tertiary/aromatic N) is 1. The molecule has 0 radical (unpaired) electrons. The summed E-state index contributed by atoms with van der Waals surface area (Å²) in [5.41, 5.74) is 2.15. The van der Waals surface area contributed by atoms with Crippen molar-refractivity contribution in [1.82, 2.24) is 4.98 Å². The maximum absolute atomic E-state index is 4.82. The van der Waals surface area contributed by atoms with Crippen molar-refractivity contribution < 1.29 is 0 Å². The van der Waals surface area contributed by atoms with Crippen molar-refractivity contribution in [3.8, 4) is 0 Å². The Bertz CT molecular complexity index is 627. The third-order valence-electron chi connectivity index (χ3n) is 6.23. The first-order valence-corrected chi connectivity index (χ1v) is 9.22. The van der Waals surface area contributed by atoms with Gasteiger partial charge in [0.05, 0.1) is 10.2 Å². The van der Waals surface area contributed by atoms with Crippen molar-refractivity contribution >= 4 is 33.3 Å². The van der Waals surface area contributed by atoms with Crippen LogP contribution < -0.4 is 0 Å². The van der Waals surface area contributed by atoms with Crippen LogP contribution in [0.3, 0.4) is 0 Å². The van der Waals surface area contributed by atoms with Crippen LogP contribution in [0.4, 0.5) is 0 Å². The molecule has 1 nitrogen and oxygen atoms in total. The van der Waals surface area contributed by atoms with E-state index in [1.54, 1.807) is 0 Å². The van der Waals surface area contributed by atoms with Gasteiger partial charge in [0, 0.05) is 5.25 Å². The van der Waals surface area contributed by atoms with E-state index >= 15 is 0 Å². The van der Waals surface area contributed by atoms with Crippen LogP contribution in [0, 0.1) is 16.7 Å². The maximum Gasteiger partial charge on any atom is 0.151 e. The monoisotopic (exact) mass is 303 g/mol. The summed E-state index contributed by atoms with van der Waals surface area (Å²) in [5.74, 6) is 0.916. The number of thioether (sulfide) groups is 1. The van der Waals surface area contributed by atoms with Crippen LogP contribution in [0.1, 0.15) is 40.0 Å². The Morgan fingerprint density at radius 1 is 1.25 bits per heavy atom. The van der Waals surface area contributed by atoms with Crippen LogP contribution in [-0.2, 0) is 0 Å². The molecule has 1 heterocycles. The summed E-state index contributed by atoms with van der Waals surface area (Å²) in [4.78, 5) is 4.82. The smallest absolute Gasteiger partial charge is 0.151 e. The zero-order valence-electron chi connectivity index (χ0n) is 12.3. The van der Waals surface area contributed by atoms with Crippen LogP contribution in [0.25, 0.3) is 10.2 Å². The standard InChI is InChI=1S/C17H21NS2/c1-16(2)11-8-9-17(16,3)14(10-11)20-15-18-12-6-4-5-7-13(12)19-15/h4-7,11,14H,8-10H2,1-3H3/t11?,14-,17?/m1/s1. The summed E-state index contributed by atoms with van der Waals surface area (Å²) < 4.78 is 2.59. The highest BCUT2D eigenvalue weighted by Crippen LogP contribution is 2.68. The van der Waals surface area contributed by atoms with Gasteiger partial charge >= 0.3 is 0 Å². The highest BCUT2D eigenvalue weighted by atomic mass is 32.2. The molecule has 3 heteroatoms. The summed E-state index contributed by atoms with van der Waals surface area (Å²) >= 11 is 3.91. The number of para-hydroxylation sites is 1. The first kappa shape index (κ1) is 13.1. The predicted octanol–water partition coefficient (Wildman–Crippen LogP) is 5.60. The second kappa shape index (κ2) is 4.23. The Hall–Kier alpha value is -0.540. The molecule has 106 valence electrons. The topological polar surface area (TPSA) is 12.9 Å². The van der Waals surface area contributed by atoms with E-state index in [-0.39, 0.29) is 0 Å². The lowest BCUT2D eigenvalue weighted by Crippen LogP contribution is -2.33. The number of thiazole rings is 1. The van der Waals surface area contributed by atoms with Crippen molar-refractivity contribution in [2.75, 3.05) is 0 Å². The quantitative estimate of drug-likeness (QED) is 0.716. The molecular formula is C17H21NS2. The minimum absolute atomic E-state index is 0.486. The molecule has 0 amide bonds. The Morgan fingerprint density at radius 3 is 2.70 bits per heavy atom. The van der Waals surface area contributed by atoms with Crippen molar-refractivity contribution in [3.63, 3.8) is 0 Å². The number of rotatable bonds is 2. The number of benzene rings is 1. The van der Waals surface area contributed by atoms with Gasteiger partial charge in [-0.1, -0.05) is 44.7 Å². The number of aromatic nitrogens is 1. The van der Waals surface area contributed by atoms with Gasteiger partial charge in [-0.05, 0) is 48.1 Å². The molecule has 0 saturated heterocycles. The first-order chi connectivity index (χ1) is 9.50. The number of fused-ring (bicyclic) bond motifs is 3. The fourth-order valence-electron chi connectivity index (χ4n) is 4.33. The molecule has 20 heavy (non-hydrogen) atoms. The SMILES string of the molecule is CC1(C)C2CCC1(C)[C@H](Sc1nc3ccccc3s1)C2. The van der Waals surface area contributed by atoms with Gasteiger partial charge in [-0.3, -0.25) is 0 Å². The Morgan fingerprint density at radius 2 is 2.05 bits per heavy atom. The highest BCUT2D eigenvalue weighted by Gasteiger charge is 2.61. The summed E-state index contributed by atoms with van der Waals surface area (Å²) in [6, 6.07) is 8.50. The van der Waals surface area contributed by atoms with E-state index in [2.05, 4.69) is 45.0 Å². The third kappa shape index (κ3) is 1.66. The molecule has 2 unspecified atom stereocenters. The average Bonchev–Trinajstić information content (AvgIpc) is 2.97. The van der Waals surface area contributed by atoms with E-state index in [1.807, 2.05) is 23.1 Å². The van der Waals surface area contributed by atoms with E-state index in [9.17, 15) is 0 Å². The molecule has 2 aliphatic rings.